The Hall–Kier alpha value is -1.42. The number of alkyl halides is 1. The standard InChI is InChI=1S/C13H18FN3/c1-3-13(14,9-15)8-11-10-6-4-5-7-12(10)17(2)16-11/h4-7H,3,8-9,15H2,1-2H3. The third-order valence-electron chi connectivity index (χ3n) is 3.32. The Bertz CT molecular complexity index is 514. The first-order valence-electron chi connectivity index (χ1n) is 5.89. The highest BCUT2D eigenvalue weighted by Crippen LogP contribution is 2.25. The fraction of sp³-hybridized carbons (Fsp3) is 0.462. The lowest BCUT2D eigenvalue weighted by molar-refractivity contribution is 0.166. The Morgan fingerprint density at radius 3 is 2.76 bits per heavy atom. The number of aromatic nitrogens is 2. The summed E-state index contributed by atoms with van der Waals surface area (Å²) in [6.07, 6.45) is 0.690. The van der Waals surface area contributed by atoms with Crippen molar-refractivity contribution in [3.8, 4) is 0 Å². The van der Waals surface area contributed by atoms with Gasteiger partial charge >= 0.3 is 0 Å². The lowest BCUT2D eigenvalue weighted by Crippen LogP contribution is -2.34. The third-order valence-corrected chi connectivity index (χ3v) is 3.32. The van der Waals surface area contributed by atoms with E-state index in [2.05, 4.69) is 5.10 Å². The average Bonchev–Trinajstić information content (AvgIpc) is 2.67. The van der Waals surface area contributed by atoms with Gasteiger partial charge in [0, 0.05) is 25.4 Å². The summed E-state index contributed by atoms with van der Waals surface area (Å²) < 4.78 is 16.1. The molecule has 0 saturated carbocycles. The Morgan fingerprint density at radius 2 is 2.12 bits per heavy atom. The summed E-state index contributed by atoms with van der Waals surface area (Å²) in [5, 5.41) is 5.40. The number of rotatable bonds is 4. The smallest absolute Gasteiger partial charge is 0.128 e. The van der Waals surface area contributed by atoms with Crippen LogP contribution in [0.2, 0.25) is 0 Å². The first-order valence-corrected chi connectivity index (χ1v) is 5.89. The van der Waals surface area contributed by atoms with Gasteiger partial charge in [0.1, 0.15) is 5.67 Å². The van der Waals surface area contributed by atoms with Crippen molar-refractivity contribution in [3.63, 3.8) is 0 Å². The molecule has 1 aromatic carbocycles. The molecule has 1 unspecified atom stereocenters. The number of fused-ring (bicyclic) bond motifs is 1. The molecule has 0 radical (unpaired) electrons. The molecule has 1 aromatic heterocycles. The number of benzene rings is 1. The SMILES string of the molecule is CCC(F)(CN)Cc1nn(C)c2ccccc12. The summed E-state index contributed by atoms with van der Waals surface area (Å²) in [6, 6.07) is 7.87. The molecule has 0 aliphatic carbocycles. The van der Waals surface area contributed by atoms with Gasteiger partial charge in [-0.25, -0.2) is 4.39 Å². The van der Waals surface area contributed by atoms with Crippen LogP contribution in [0.1, 0.15) is 19.0 Å². The zero-order chi connectivity index (χ0) is 12.5. The van der Waals surface area contributed by atoms with Gasteiger partial charge in [-0.1, -0.05) is 25.1 Å². The molecule has 0 bridgehead atoms. The first-order chi connectivity index (χ1) is 8.09. The fourth-order valence-corrected chi connectivity index (χ4v) is 2.06. The zero-order valence-electron chi connectivity index (χ0n) is 10.3. The second-order valence-electron chi connectivity index (χ2n) is 4.47. The molecule has 1 heterocycles. The van der Waals surface area contributed by atoms with E-state index in [-0.39, 0.29) is 13.0 Å². The summed E-state index contributed by atoms with van der Waals surface area (Å²) in [5.74, 6) is 0. The summed E-state index contributed by atoms with van der Waals surface area (Å²) in [6.45, 7) is 1.85. The maximum atomic E-state index is 14.3. The van der Waals surface area contributed by atoms with E-state index < -0.39 is 5.67 Å². The lowest BCUT2D eigenvalue weighted by Gasteiger charge is -2.20. The van der Waals surface area contributed by atoms with Crippen LogP contribution in [0.5, 0.6) is 0 Å². The van der Waals surface area contributed by atoms with Crippen LogP contribution in [0.25, 0.3) is 10.9 Å². The number of halogens is 1. The highest BCUT2D eigenvalue weighted by Gasteiger charge is 2.28. The molecule has 3 nitrogen and oxygen atoms in total. The zero-order valence-corrected chi connectivity index (χ0v) is 10.3. The van der Waals surface area contributed by atoms with Crippen LogP contribution in [0.3, 0.4) is 0 Å². The van der Waals surface area contributed by atoms with E-state index >= 15 is 0 Å². The van der Waals surface area contributed by atoms with E-state index in [1.165, 1.54) is 0 Å². The van der Waals surface area contributed by atoms with Crippen LogP contribution in [-0.2, 0) is 13.5 Å². The maximum Gasteiger partial charge on any atom is 0.128 e. The molecule has 0 aliphatic rings. The predicted molar refractivity (Wildman–Crippen MR) is 67.6 cm³/mol. The Morgan fingerprint density at radius 1 is 1.41 bits per heavy atom. The van der Waals surface area contributed by atoms with Crippen LogP contribution < -0.4 is 5.73 Å². The summed E-state index contributed by atoms with van der Waals surface area (Å²) in [4.78, 5) is 0. The van der Waals surface area contributed by atoms with E-state index in [1.54, 1.807) is 4.68 Å². The number of hydrogen-bond donors (Lipinski definition) is 1. The second kappa shape index (κ2) is 4.45. The van der Waals surface area contributed by atoms with Crippen molar-refractivity contribution < 1.29 is 4.39 Å². The molecular weight excluding hydrogens is 217 g/mol. The van der Waals surface area contributed by atoms with Crippen LogP contribution in [0, 0.1) is 0 Å². The van der Waals surface area contributed by atoms with Crippen molar-refractivity contribution in [2.75, 3.05) is 6.54 Å². The number of para-hydroxylation sites is 1. The molecule has 0 aliphatic heterocycles. The lowest BCUT2D eigenvalue weighted by atomic mass is 9.95. The maximum absolute atomic E-state index is 14.3. The van der Waals surface area contributed by atoms with Crippen LogP contribution in [-0.4, -0.2) is 22.0 Å². The quantitative estimate of drug-likeness (QED) is 0.882. The molecule has 0 spiro atoms. The molecule has 2 N–H and O–H groups in total. The van der Waals surface area contributed by atoms with Gasteiger partial charge in [-0.2, -0.15) is 5.10 Å². The van der Waals surface area contributed by atoms with E-state index in [4.69, 9.17) is 5.73 Å². The molecule has 4 heteroatoms. The predicted octanol–water partition coefficient (Wildman–Crippen LogP) is 2.19. The highest BCUT2D eigenvalue weighted by molar-refractivity contribution is 5.81. The monoisotopic (exact) mass is 235 g/mol. The number of aryl methyl sites for hydroxylation is 1. The van der Waals surface area contributed by atoms with Gasteiger partial charge in [0.15, 0.2) is 0 Å². The molecular formula is C13H18FN3. The normalized spacial score (nSPS) is 15.1. The first kappa shape index (κ1) is 12.0. The number of nitrogens with zero attached hydrogens (tertiary/aromatic N) is 2. The summed E-state index contributed by atoms with van der Waals surface area (Å²) in [7, 11) is 1.88. The van der Waals surface area contributed by atoms with Crippen molar-refractivity contribution >= 4 is 10.9 Å². The second-order valence-corrected chi connectivity index (χ2v) is 4.47. The molecule has 1 atom stereocenters. The molecule has 0 amide bonds. The van der Waals surface area contributed by atoms with Gasteiger partial charge in [-0.15, -0.1) is 0 Å². The van der Waals surface area contributed by atoms with Gasteiger partial charge in [-0.05, 0) is 12.5 Å². The van der Waals surface area contributed by atoms with Crippen molar-refractivity contribution in [1.29, 1.82) is 0 Å². The van der Waals surface area contributed by atoms with E-state index in [0.717, 1.165) is 16.6 Å². The Balaban J connectivity index is 2.43. The fourth-order valence-electron chi connectivity index (χ4n) is 2.06. The highest BCUT2D eigenvalue weighted by atomic mass is 19.1. The molecule has 0 saturated heterocycles. The Kier molecular flexibility index (Phi) is 3.15. The minimum atomic E-state index is -1.35. The van der Waals surface area contributed by atoms with Gasteiger partial charge in [0.2, 0.25) is 0 Å². The topological polar surface area (TPSA) is 43.8 Å². The molecule has 0 fully saturated rings. The molecule has 2 aromatic rings. The summed E-state index contributed by atoms with van der Waals surface area (Å²) >= 11 is 0. The molecule has 2 rings (SSSR count). The third kappa shape index (κ3) is 2.17. The van der Waals surface area contributed by atoms with Crippen LogP contribution >= 0.6 is 0 Å². The van der Waals surface area contributed by atoms with E-state index in [0.29, 0.717) is 6.42 Å². The largest absolute Gasteiger partial charge is 0.328 e. The average molecular weight is 235 g/mol. The Labute approximate surface area is 100 Å². The van der Waals surface area contributed by atoms with Crippen molar-refractivity contribution in [3.05, 3.63) is 30.0 Å². The van der Waals surface area contributed by atoms with Gasteiger partial charge in [0.05, 0.1) is 11.2 Å². The van der Waals surface area contributed by atoms with Gasteiger partial charge in [0.25, 0.3) is 0 Å². The van der Waals surface area contributed by atoms with E-state index in [1.807, 2.05) is 38.2 Å². The van der Waals surface area contributed by atoms with Crippen LogP contribution in [0.15, 0.2) is 24.3 Å². The number of hydrogen-bond acceptors (Lipinski definition) is 2. The van der Waals surface area contributed by atoms with Crippen molar-refractivity contribution in [1.82, 2.24) is 9.78 Å². The van der Waals surface area contributed by atoms with Crippen molar-refractivity contribution in [2.24, 2.45) is 12.8 Å². The minimum Gasteiger partial charge on any atom is -0.328 e. The number of nitrogens with two attached hydrogens (primary N) is 1. The van der Waals surface area contributed by atoms with Gasteiger partial charge in [-0.3, -0.25) is 4.68 Å². The van der Waals surface area contributed by atoms with Gasteiger partial charge < -0.3 is 5.73 Å². The molecule has 92 valence electrons. The molecule has 17 heavy (non-hydrogen) atoms. The summed E-state index contributed by atoms with van der Waals surface area (Å²) in [5.41, 5.74) is 5.97. The van der Waals surface area contributed by atoms with Crippen LogP contribution in [0.4, 0.5) is 4.39 Å². The van der Waals surface area contributed by atoms with E-state index in [9.17, 15) is 4.39 Å². The minimum absolute atomic E-state index is 0.0361. The van der Waals surface area contributed by atoms with Crippen molar-refractivity contribution in [2.45, 2.75) is 25.4 Å².